The average molecular weight is 371 g/mol. The minimum Gasteiger partial charge on any atom is -0.465 e. The fourth-order valence-electron chi connectivity index (χ4n) is 2.30. The summed E-state index contributed by atoms with van der Waals surface area (Å²) in [6.07, 6.45) is 0. The number of benzene rings is 2. The predicted molar refractivity (Wildman–Crippen MR) is 98.1 cm³/mol. The van der Waals surface area contributed by atoms with Crippen LogP contribution in [0.4, 0.5) is 5.69 Å². The third kappa shape index (κ3) is 5.93. The number of nitrogens with zero attached hydrogens (tertiary/aromatic N) is 1. The van der Waals surface area contributed by atoms with E-state index in [9.17, 15) is 14.4 Å². The lowest BCUT2D eigenvalue weighted by molar-refractivity contribution is -0.142. The van der Waals surface area contributed by atoms with Crippen molar-refractivity contribution in [1.29, 1.82) is 0 Å². The molecule has 0 aromatic heterocycles. The van der Waals surface area contributed by atoms with E-state index >= 15 is 0 Å². The SMILES string of the molecule is CCOC(=O)CN(C(=O)COC(=O)c1ccc(CO)cc1)c1ccccc1. The quantitative estimate of drug-likeness (QED) is 0.713. The van der Waals surface area contributed by atoms with Crippen molar-refractivity contribution in [2.24, 2.45) is 0 Å². The minimum atomic E-state index is -0.669. The van der Waals surface area contributed by atoms with E-state index in [0.717, 1.165) is 0 Å². The highest BCUT2D eigenvalue weighted by atomic mass is 16.5. The van der Waals surface area contributed by atoms with Gasteiger partial charge in [0.25, 0.3) is 5.91 Å². The summed E-state index contributed by atoms with van der Waals surface area (Å²) in [5, 5.41) is 9.02. The minimum absolute atomic E-state index is 0.131. The van der Waals surface area contributed by atoms with Gasteiger partial charge in [-0.05, 0) is 36.8 Å². The van der Waals surface area contributed by atoms with Crippen LogP contribution in [-0.4, -0.2) is 42.7 Å². The normalized spacial score (nSPS) is 10.1. The summed E-state index contributed by atoms with van der Waals surface area (Å²) >= 11 is 0. The molecule has 0 aliphatic rings. The Labute approximate surface area is 157 Å². The van der Waals surface area contributed by atoms with Gasteiger partial charge in [0, 0.05) is 5.69 Å². The molecule has 0 aliphatic carbocycles. The van der Waals surface area contributed by atoms with Crippen molar-refractivity contribution < 1.29 is 29.0 Å². The van der Waals surface area contributed by atoms with Crippen molar-refractivity contribution in [3.63, 3.8) is 0 Å². The summed E-state index contributed by atoms with van der Waals surface area (Å²) in [6.45, 7) is 0.951. The van der Waals surface area contributed by atoms with Gasteiger partial charge < -0.3 is 14.6 Å². The molecule has 2 aromatic rings. The number of amides is 1. The van der Waals surface area contributed by atoms with E-state index in [2.05, 4.69) is 0 Å². The van der Waals surface area contributed by atoms with E-state index in [-0.39, 0.29) is 25.3 Å². The van der Waals surface area contributed by atoms with E-state index in [0.29, 0.717) is 11.3 Å². The van der Waals surface area contributed by atoms with Gasteiger partial charge in [-0.3, -0.25) is 14.5 Å². The highest BCUT2D eigenvalue weighted by Crippen LogP contribution is 2.14. The Morgan fingerprint density at radius 2 is 1.63 bits per heavy atom. The number of ether oxygens (including phenoxy) is 2. The molecule has 142 valence electrons. The number of anilines is 1. The average Bonchev–Trinajstić information content (AvgIpc) is 2.71. The van der Waals surface area contributed by atoms with Gasteiger partial charge in [-0.1, -0.05) is 30.3 Å². The molecule has 0 atom stereocenters. The largest absolute Gasteiger partial charge is 0.465 e. The van der Waals surface area contributed by atoms with Gasteiger partial charge in [-0.15, -0.1) is 0 Å². The Hall–Kier alpha value is -3.19. The monoisotopic (exact) mass is 371 g/mol. The van der Waals surface area contributed by atoms with Crippen molar-refractivity contribution in [1.82, 2.24) is 0 Å². The van der Waals surface area contributed by atoms with Crippen LogP contribution in [0.5, 0.6) is 0 Å². The second-order valence-electron chi connectivity index (χ2n) is 5.55. The molecular formula is C20H21NO6. The number of carbonyl (C=O) groups excluding carboxylic acids is 3. The molecule has 27 heavy (non-hydrogen) atoms. The number of rotatable bonds is 8. The van der Waals surface area contributed by atoms with Crippen LogP contribution >= 0.6 is 0 Å². The first-order valence-corrected chi connectivity index (χ1v) is 8.43. The molecule has 7 nitrogen and oxygen atoms in total. The van der Waals surface area contributed by atoms with E-state index in [1.54, 1.807) is 49.4 Å². The summed E-state index contributed by atoms with van der Waals surface area (Å²) in [6, 6.07) is 14.8. The highest BCUT2D eigenvalue weighted by molar-refractivity contribution is 6.00. The molecule has 0 saturated heterocycles. The fraction of sp³-hybridized carbons (Fsp3) is 0.250. The second kappa shape index (κ2) is 10.1. The van der Waals surface area contributed by atoms with Crippen LogP contribution in [-0.2, 0) is 25.7 Å². The highest BCUT2D eigenvalue weighted by Gasteiger charge is 2.21. The Balaban J connectivity index is 2.03. The van der Waals surface area contributed by atoms with Crippen molar-refractivity contribution in [2.75, 3.05) is 24.7 Å². The van der Waals surface area contributed by atoms with Gasteiger partial charge in [0.15, 0.2) is 6.61 Å². The zero-order chi connectivity index (χ0) is 19.6. The molecule has 2 rings (SSSR count). The number of aliphatic hydroxyl groups excluding tert-OH is 1. The number of carbonyl (C=O) groups is 3. The van der Waals surface area contributed by atoms with Crippen LogP contribution in [0.3, 0.4) is 0 Å². The lowest BCUT2D eigenvalue weighted by Gasteiger charge is -2.21. The van der Waals surface area contributed by atoms with Crippen LogP contribution < -0.4 is 4.90 Å². The molecule has 0 radical (unpaired) electrons. The molecular weight excluding hydrogens is 350 g/mol. The van der Waals surface area contributed by atoms with Crippen LogP contribution in [0.15, 0.2) is 54.6 Å². The van der Waals surface area contributed by atoms with Crippen molar-refractivity contribution in [2.45, 2.75) is 13.5 Å². The van der Waals surface area contributed by atoms with Crippen LogP contribution in [0.1, 0.15) is 22.8 Å². The van der Waals surface area contributed by atoms with Gasteiger partial charge >= 0.3 is 11.9 Å². The first-order chi connectivity index (χ1) is 13.0. The summed E-state index contributed by atoms with van der Waals surface area (Å²) in [7, 11) is 0. The predicted octanol–water partition coefficient (Wildman–Crippen LogP) is 1.93. The third-order valence-electron chi connectivity index (χ3n) is 3.66. The van der Waals surface area contributed by atoms with Crippen LogP contribution in [0.2, 0.25) is 0 Å². The molecule has 0 heterocycles. The number of para-hydroxylation sites is 1. The van der Waals surface area contributed by atoms with Gasteiger partial charge in [0.05, 0.1) is 18.8 Å². The molecule has 1 N–H and O–H groups in total. The van der Waals surface area contributed by atoms with E-state index in [1.165, 1.54) is 17.0 Å². The number of hydrogen-bond acceptors (Lipinski definition) is 6. The summed E-state index contributed by atoms with van der Waals surface area (Å²) in [4.78, 5) is 37.6. The maximum Gasteiger partial charge on any atom is 0.338 e. The second-order valence-corrected chi connectivity index (χ2v) is 5.55. The Kier molecular flexibility index (Phi) is 7.51. The Morgan fingerprint density at radius 3 is 2.22 bits per heavy atom. The maximum atomic E-state index is 12.5. The molecule has 0 spiro atoms. The first-order valence-electron chi connectivity index (χ1n) is 8.43. The number of hydrogen-bond donors (Lipinski definition) is 1. The summed E-state index contributed by atoms with van der Waals surface area (Å²) in [5.41, 5.74) is 1.42. The summed E-state index contributed by atoms with van der Waals surface area (Å²) in [5.74, 6) is -1.77. The van der Waals surface area contributed by atoms with Crippen molar-refractivity contribution in [3.8, 4) is 0 Å². The lowest BCUT2D eigenvalue weighted by atomic mass is 10.1. The molecule has 0 unspecified atom stereocenters. The molecule has 0 aliphatic heterocycles. The van der Waals surface area contributed by atoms with Gasteiger partial charge in [0.2, 0.25) is 0 Å². The van der Waals surface area contributed by atoms with Crippen molar-refractivity contribution in [3.05, 3.63) is 65.7 Å². The van der Waals surface area contributed by atoms with E-state index in [1.807, 2.05) is 0 Å². The number of aliphatic hydroxyl groups is 1. The fourth-order valence-corrected chi connectivity index (χ4v) is 2.30. The topological polar surface area (TPSA) is 93.1 Å². The van der Waals surface area contributed by atoms with Gasteiger partial charge in [0.1, 0.15) is 6.54 Å². The zero-order valence-electron chi connectivity index (χ0n) is 15.0. The van der Waals surface area contributed by atoms with E-state index < -0.39 is 24.5 Å². The number of esters is 2. The summed E-state index contributed by atoms with van der Waals surface area (Å²) < 4.78 is 9.96. The van der Waals surface area contributed by atoms with Gasteiger partial charge in [-0.25, -0.2) is 4.79 Å². The molecule has 0 bridgehead atoms. The lowest BCUT2D eigenvalue weighted by Crippen LogP contribution is -2.39. The van der Waals surface area contributed by atoms with Crippen LogP contribution in [0.25, 0.3) is 0 Å². The molecule has 7 heteroatoms. The van der Waals surface area contributed by atoms with Crippen LogP contribution in [0, 0.1) is 0 Å². The van der Waals surface area contributed by atoms with E-state index in [4.69, 9.17) is 14.6 Å². The van der Waals surface area contributed by atoms with Gasteiger partial charge in [-0.2, -0.15) is 0 Å². The smallest absolute Gasteiger partial charge is 0.338 e. The Morgan fingerprint density at radius 1 is 0.963 bits per heavy atom. The molecule has 2 aromatic carbocycles. The Bertz CT molecular complexity index is 773. The molecule has 0 fully saturated rings. The standard InChI is InChI=1S/C20H21NO6/c1-2-26-19(24)12-21(17-6-4-3-5-7-17)18(23)14-27-20(25)16-10-8-15(13-22)9-11-16/h3-11,22H,2,12-14H2,1H3. The first kappa shape index (κ1) is 20.1. The maximum absolute atomic E-state index is 12.5. The van der Waals surface area contributed by atoms with Crippen molar-refractivity contribution >= 4 is 23.5 Å². The third-order valence-corrected chi connectivity index (χ3v) is 3.66. The molecule has 1 amide bonds. The zero-order valence-corrected chi connectivity index (χ0v) is 15.0. The molecule has 0 saturated carbocycles.